The first-order valence-corrected chi connectivity index (χ1v) is 6.82. The zero-order valence-corrected chi connectivity index (χ0v) is 11.3. The van der Waals surface area contributed by atoms with E-state index in [1.165, 1.54) is 0 Å². The number of alkyl halides is 3. The molecule has 0 aromatic heterocycles. The minimum atomic E-state index is -4.35. The standard InChI is InChI=1S/C14H17F5N2/c15-8-5-6-10(12(16)7-8)13(21-20)9-3-1-2-4-11(9)14(17,18)19/h5-7,9,11,13,21H,1-4,20H2. The number of hydrogen-bond donors (Lipinski definition) is 2. The van der Waals surface area contributed by atoms with Crippen molar-refractivity contribution in [2.45, 2.75) is 37.9 Å². The fourth-order valence-corrected chi connectivity index (χ4v) is 3.16. The highest BCUT2D eigenvalue weighted by Crippen LogP contribution is 2.46. The van der Waals surface area contributed by atoms with Crippen molar-refractivity contribution in [2.75, 3.05) is 0 Å². The van der Waals surface area contributed by atoms with Gasteiger partial charge < -0.3 is 0 Å². The monoisotopic (exact) mass is 308 g/mol. The zero-order valence-electron chi connectivity index (χ0n) is 11.3. The molecular formula is C14H17F5N2. The molecule has 1 aliphatic carbocycles. The second-order valence-electron chi connectivity index (χ2n) is 5.41. The molecule has 0 aliphatic heterocycles. The van der Waals surface area contributed by atoms with Crippen LogP contribution in [-0.4, -0.2) is 6.18 Å². The van der Waals surface area contributed by atoms with Crippen LogP contribution in [0.4, 0.5) is 22.0 Å². The minimum Gasteiger partial charge on any atom is -0.271 e. The first-order chi connectivity index (χ1) is 9.84. The van der Waals surface area contributed by atoms with Gasteiger partial charge in [0.2, 0.25) is 0 Å². The van der Waals surface area contributed by atoms with E-state index in [4.69, 9.17) is 5.84 Å². The Hall–Kier alpha value is -1.21. The summed E-state index contributed by atoms with van der Waals surface area (Å²) in [6.07, 6.45) is -2.91. The van der Waals surface area contributed by atoms with Crippen molar-refractivity contribution in [3.8, 4) is 0 Å². The highest BCUT2D eigenvalue weighted by Gasteiger charge is 2.48. The molecule has 1 aromatic rings. The van der Waals surface area contributed by atoms with Crippen molar-refractivity contribution in [1.29, 1.82) is 0 Å². The van der Waals surface area contributed by atoms with E-state index < -0.39 is 35.7 Å². The van der Waals surface area contributed by atoms with Crippen molar-refractivity contribution in [2.24, 2.45) is 17.7 Å². The van der Waals surface area contributed by atoms with E-state index in [1.807, 2.05) is 0 Å². The van der Waals surface area contributed by atoms with Crippen LogP contribution < -0.4 is 11.3 Å². The quantitative estimate of drug-likeness (QED) is 0.506. The summed E-state index contributed by atoms with van der Waals surface area (Å²) in [5.74, 6) is 1.32. The Labute approximate surface area is 119 Å². The summed E-state index contributed by atoms with van der Waals surface area (Å²) in [5.41, 5.74) is 2.26. The maximum absolute atomic E-state index is 13.8. The van der Waals surface area contributed by atoms with Gasteiger partial charge in [-0.3, -0.25) is 11.3 Å². The molecule has 3 unspecified atom stereocenters. The third-order valence-corrected chi connectivity index (χ3v) is 4.15. The second kappa shape index (κ2) is 6.27. The molecule has 0 saturated heterocycles. The molecule has 1 saturated carbocycles. The van der Waals surface area contributed by atoms with Gasteiger partial charge in [0, 0.05) is 11.6 Å². The topological polar surface area (TPSA) is 38.0 Å². The molecule has 1 aliphatic rings. The molecule has 0 amide bonds. The summed E-state index contributed by atoms with van der Waals surface area (Å²) in [4.78, 5) is 0. The number of benzene rings is 1. The van der Waals surface area contributed by atoms with E-state index in [2.05, 4.69) is 5.43 Å². The Morgan fingerprint density at radius 3 is 2.38 bits per heavy atom. The maximum Gasteiger partial charge on any atom is 0.392 e. The van der Waals surface area contributed by atoms with E-state index in [-0.39, 0.29) is 12.0 Å². The Balaban J connectivity index is 2.34. The molecule has 0 spiro atoms. The summed E-state index contributed by atoms with van der Waals surface area (Å²) in [5, 5.41) is 0. The summed E-state index contributed by atoms with van der Waals surface area (Å²) >= 11 is 0. The third-order valence-electron chi connectivity index (χ3n) is 4.15. The lowest BCUT2D eigenvalue weighted by atomic mass is 9.73. The summed E-state index contributed by atoms with van der Waals surface area (Å²) in [6.45, 7) is 0. The van der Waals surface area contributed by atoms with Crippen LogP contribution in [0.25, 0.3) is 0 Å². The van der Waals surface area contributed by atoms with Crippen molar-refractivity contribution in [1.82, 2.24) is 5.43 Å². The van der Waals surface area contributed by atoms with Gasteiger partial charge in [-0.15, -0.1) is 0 Å². The fraction of sp³-hybridized carbons (Fsp3) is 0.571. The van der Waals surface area contributed by atoms with Gasteiger partial charge in [-0.2, -0.15) is 13.2 Å². The van der Waals surface area contributed by atoms with Gasteiger partial charge in [-0.25, -0.2) is 8.78 Å². The van der Waals surface area contributed by atoms with E-state index in [1.54, 1.807) is 0 Å². The van der Waals surface area contributed by atoms with Gasteiger partial charge >= 0.3 is 6.18 Å². The molecule has 3 N–H and O–H groups in total. The van der Waals surface area contributed by atoms with Crippen LogP contribution >= 0.6 is 0 Å². The number of halogens is 5. The fourth-order valence-electron chi connectivity index (χ4n) is 3.16. The molecule has 0 bridgehead atoms. The lowest BCUT2D eigenvalue weighted by Gasteiger charge is -2.38. The zero-order chi connectivity index (χ0) is 15.6. The highest BCUT2D eigenvalue weighted by atomic mass is 19.4. The molecule has 2 rings (SSSR count). The van der Waals surface area contributed by atoms with Crippen LogP contribution in [0.15, 0.2) is 18.2 Å². The van der Waals surface area contributed by atoms with Crippen LogP contribution in [0.2, 0.25) is 0 Å². The summed E-state index contributed by atoms with van der Waals surface area (Å²) < 4.78 is 66.2. The number of rotatable bonds is 3. The van der Waals surface area contributed by atoms with Gasteiger partial charge in [0.05, 0.1) is 12.0 Å². The number of hydrazine groups is 1. The van der Waals surface area contributed by atoms with Crippen LogP contribution in [-0.2, 0) is 0 Å². The normalized spacial score (nSPS) is 24.9. The SMILES string of the molecule is NNC(c1ccc(F)cc1F)C1CCCCC1C(F)(F)F. The molecule has 118 valence electrons. The predicted molar refractivity (Wildman–Crippen MR) is 67.9 cm³/mol. The smallest absolute Gasteiger partial charge is 0.271 e. The molecule has 0 heterocycles. The molecule has 21 heavy (non-hydrogen) atoms. The van der Waals surface area contributed by atoms with Gasteiger partial charge in [0.1, 0.15) is 11.6 Å². The molecule has 0 radical (unpaired) electrons. The van der Waals surface area contributed by atoms with Crippen molar-refractivity contribution in [3.05, 3.63) is 35.4 Å². The number of nitrogens with one attached hydrogen (secondary N) is 1. The molecule has 7 heteroatoms. The average Bonchev–Trinajstić information content (AvgIpc) is 2.41. The second-order valence-corrected chi connectivity index (χ2v) is 5.41. The van der Waals surface area contributed by atoms with E-state index in [9.17, 15) is 22.0 Å². The molecular weight excluding hydrogens is 291 g/mol. The first-order valence-electron chi connectivity index (χ1n) is 6.82. The highest BCUT2D eigenvalue weighted by molar-refractivity contribution is 5.23. The van der Waals surface area contributed by atoms with Gasteiger partial charge in [-0.1, -0.05) is 18.9 Å². The molecule has 3 atom stereocenters. The number of nitrogens with two attached hydrogens (primary N) is 1. The Morgan fingerprint density at radius 2 is 1.81 bits per heavy atom. The Morgan fingerprint density at radius 1 is 1.14 bits per heavy atom. The van der Waals surface area contributed by atoms with E-state index in [0.29, 0.717) is 25.3 Å². The van der Waals surface area contributed by atoms with Crippen LogP contribution in [0.5, 0.6) is 0 Å². The van der Waals surface area contributed by atoms with Gasteiger partial charge in [0.25, 0.3) is 0 Å². The van der Waals surface area contributed by atoms with E-state index >= 15 is 0 Å². The molecule has 1 fully saturated rings. The van der Waals surface area contributed by atoms with Gasteiger partial charge in [-0.05, 0) is 24.8 Å². The van der Waals surface area contributed by atoms with Crippen LogP contribution in [0.3, 0.4) is 0 Å². The van der Waals surface area contributed by atoms with Crippen LogP contribution in [0, 0.1) is 23.5 Å². The average molecular weight is 308 g/mol. The third kappa shape index (κ3) is 3.52. The largest absolute Gasteiger partial charge is 0.392 e. The van der Waals surface area contributed by atoms with E-state index in [0.717, 1.165) is 12.1 Å². The number of hydrogen-bond acceptors (Lipinski definition) is 2. The molecule has 2 nitrogen and oxygen atoms in total. The summed E-state index contributed by atoms with van der Waals surface area (Å²) in [6, 6.07) is 1.84. The lowest BCUT2D eigenvalue weighted by molar-refractivity contribution is -0.199. The maximum atomic E-state index is 13.8. The Kier molecular flexibility index (Phi) is 4.83. The predicted octanol–water partition coefficient (Wildman–Crippen LogP) is 3.84. The van der Waals surface area contributed by atoms with Crippen molar-refractivity contribution in [3.63, 3.8) is 0 Å². The summed E-state index contributed by atoms with van der Waals surface area (Å²) in [7, 11) is 0. The van der Waals surface area contributed by atoms with Gasteiger partial charge in [0.15, 0.2) is 0 Å². The minimum absolute atomic E-state index is 0.00909. The first kappa shape index (κ1) is 16.2. The lowest BCUT2D eigenvalue weighted by Crippen LogP contribution is -2.43. The van der Waals surface area contributed by atoms with Crippen molar-refractivity contribution < 1.29 is 22.0 Å². The Bertz CT molecular complexity index is 489. The van der Waals surface area contributed by atoms with Crippen molar-refractivity contribution >= 4 is 0 Å². The van der Waals surface area contributed by atoms with Crippen LogP contribution in [0.1, 0.15) is 37.3 Å². The molecule has 1 aromatic carbocycles.